The first-order valence-corrected chi connectivity index (χ1v) is 15.8. The van der Waals surface area contributed by atoms with Crippen LogP contribution >= 0.6 is 11.3 Å². The normalized spacial score (nSPS) is 11.7. The first-order chi connectivity index (χ1) is 21.8. The van der Waals surface area contributed by atoms with Crippen molar-refractivity contribution in [1.82, 2.24) is 0 Å². The van der Waals surface area contributed by atoms with Crippen LogP contribution in [0.25, 0.3) is 52.9 Å². The molecule has 0 aliphatic rings. The minimum Gasteiger partial charge on any atom is -0.456 e. The van der Waals surface area contributed by atoms with Gasteiger partial charge in [-0.15, -0.1) is 11.3 Å². The maximum absolute atomic E-state index is 6.19. The van der Waals surface area contributed by atoms with Gasteiger partial charge in [0, 0.05) is 47.7 Å². The number of benzene rings is 7. The molecule has 0 amide bonds. The second kappa shape index (κ2) is 10.1. The monoisotopic (exact) mass is 581 g/mol. The standard InChI is InChI=1S/C41H27NOS/c1-2-9-27(10-3-1)23-28-17-22-40-36(24-28)34-20-18-31(26-41(34)44-40)42(37-15-8-12-29-11-4-5-13-32(29)37)30-19-21-39-35(25-30)33-14-6-7-16-38(33)43-39/h1-22,24-26H,23H2. The van der Waals surface area contributed by atoms with Gasteiger partial charge in [-0.2, -0.15) is 0 Å². The van der Waals surface area contributed by atoms with Crippen molar-refractivity contribution in [2.75, 3.05) is 4.90 Å². The molecule has 0 aliphatic carbocycles. The lowest BCUT2D eigenvalue weighted by atomic mass is 10.0. The number of anilines is 3. The summed E-state index contributed by atoms with van der Waals surface area (Å²) >= 11 is 1.87. The third-order valence-electron chi connectivity index (χ3n) is 8.65. The molecular formula is C41H27NOS. The molecule has 0 bridgehead atoms. The Kier molecular flexibility index (Phi) is 5.78. The van der Waals surface area contributed by atoms with E-state index in [1.165, 1.54) is 42.1 Å². The molecule has 3 heteroatoms. The number of furan rings is 1. The first-order valence-electron chi connectivity index (χ1n) is 15.0. The van der Waals surface area contributed by atoms with Crippen LogP contribution in [0.5, 0.6) is 0 Å². The molecule has 0 fully saturated rings. The summed E-state index contributed by atoms with van der Waals surface area (Å²) in [5.41, 5.74) is 7.88. The molecule has 0 spiro atoms. The number of fused-ring (bicyclic) bond motifs is 7. The van der Waals surface area contributed by atoms with Crippen molar-refractivity contribution in [2.24, 2.45) is 0 Å². The predicted molar refractivity (Wildman–Crippen MR) is 188 cm³/mol. The fraction of sp³-hybridized carbons (Fsp3) is 0.0244. The average molecular weight is 582 g/mol. The van der Waals surface area contributed by atoms with E-state index < -0.39 is 0 Å². The molecule has 9 aromatic rings. The lowest BCUT2D eigenvalue weighted by Crippen LogP contribution is -2.10. The molecule has 2 heterocycles. The van der Waals surface area contributed by atoms with Crippen molar-refractivity contribution >= 4 is 81.3 Å². The summed E-state index contributed by atoms with van der Waals surface area (Å²) < 4.78 is 8.79. The number of rotatable bonds is 5. The van der Waals surface area contributed by atoms with E-state index in [4.69, 9.17) is 4.42 Å². The minimum absolute atomic E-state index is 0.902. The molecule has 0 saturated carbocycles. The first kappa shape index (κ1) is 25.1. The SMILES string of the molecule is c1ccc(Cc2ccc3sc4cc(N(c5ccc6oc7ccccc7c6c5)c5cccc6ccccc56)ccc4c3c2)cc1. The van der Waals surface area contributed by atoms with Crippen LogP contribution in [0.15, 0.2) is 156 Å². The van der Waals surface area contributed by atoms with Gasteiger partial charge in [0.15, 0.2) is 0 Å². The Morgan fingerprint density at radius 3 is 2.14 bits per heavy atom. The van der Waals surface area contributed by atoms with Crippen molar-refractivity contribution < 1.29 is 4.42 Å². The number of nitrogens with zero attached hydrogens (tertiary/aromatic N) is 1. The van der Waals surface area contributed by atoms with E-state index in [0.29, 0.717) is 0 Å². The Morgan fingerprint density at radius 1 is 0.455 bits per heavy atom. The molecule has 0 saturated heterocycles. The van der Waals surface area contributed by atoms with Crippen LogP contribution in [0.4, 0.5) is 17.1 Å². The Hall–Kier alpha value is -5.38. The Morgan fingerprint density at radius 2 is 1.20 bits per heavy atom. The van der Waals surface area contributed by atoms with E-state index in [9.17, 15) is 0 Å². The van der Waals surface area contributed by atoms with Crippen LogP contribution < -0.4 is 4.90 Å². The molecule has 9 rings (SSSR count). The highest BCUT2D eigenvalue weighted by molar-refractivity contribution is 7.25. The number of hydrogen-bond donors (Lipinski definition) is 0. The van der Waals surface area contributed by atoms with Crippen molar-refractivity contribution in [3.63, 3.8) is 0 Å². The third-order valence-corrected chi connectivity index (χ3v) is 9.79. The maximum Gasteiger partial charge on any atom is 0.135 e. The van der Waals surface area contributed by atoms with Crippen molar-refractivity contribution in [2.45, 2.75) is 6.42 Å². The van der Waals surface area contributed by atoms with Crippen molar-refractivity contribution in [3.8, 4) is 0 Å². The predicted octanol–water partition coefficient (Wildman–Crippen LogP) is 12.2. The zero-order chi connectivity index (χ0) is 29.0. The molecule has 0 N–H and O–H groups in total. The fourth-order valence-electron chi connectivity index (χ4n) is 6.58. The summed E-state index contributed by atoms with van der Waals surface area (Å²) in [5.74, 6) is 0. The van der Waals surface area contributed by atoms with E-state index in [1.54, 1.807) is 0 Å². The second-order valence-corrected chi connectivity index (χ2v) is 12.5. The molecule has 2 nitrogen and oxygen atoms in total. The van der Waals surface area contributed by atoms with Crippen molar-refractivity contribution in [3.05, 3.63) is 163 Å². The van der Waals surface area contributed by atoms with Crippen molar-refractivity contribution in [1.29, 1.82) is 0 Å². The lowest BCUT2D eigenvalue weighted by Gasteiger charge is -2.27. The number of thiophene rings is 1. The van der Waals surface area contributed by atoms with Crippen LogP contribution in [0.2, 0.25) is 0 Å². The van der Waals surface area contributed by atoms with Gasteiger partial charge in [0.25, 0.3) is 0 Å². The summed E-state index contributed by atoms with van der Waals surface area (Å²) in [7, 11) is 0. The Labute approximate surface area is 259 Å². The highest BCUT2D eigenvalue weighted by atomic mass is 32.1. The summed E-state index contributed by atoms with van der Waals surface area (Å²) in [5, 5.41) is 7.32. The number of para-hydroxylation sites is 1. The van der Waals surface area contributed by atoms with E-state index >= 15 is 0 Å². The van der Waals surface area contributed by atoms with E-state index in [-0.39, 0.29) is 0 Å². The molecule has 7 aromatic carbocycles. The zero-order valence-corrected chi connectivity index (χ0v) is 24.7. The summed E-state index contributed by atoms with van der Waals surface area (Å²) in [6.07, 6.45) is 0.937. The van der Waals surface area contributed by atoms with Crippen LogP contribution in [0.1, 0.15) is 11.1 Å². The van der Waals surface area contributed by atoms with Gasteiger partial charge in [-0.05, 0) is 77.5 Å². The molecule has 0 atom stereocenters. The molecule has 0 aliphatic heterocycles. The molecule has 0 unspecified atom stereocenters. The minimum atomic E-state index is 0.902. The lowest BCUT2D eigenvalue weighted by molar-refractivity contribution is 0.669. The fourth-order valence-corrected chi connectivity index (χ4v) is 7.70. The van der Waals surface area contributed by atoms with Crippen LogP contribution in [0.3, 0.4) is 0 Å². The average Bonchev–Trinajstić information content (AvgIpc) is 3.63. The molecule has 2 aromatic heterocycles. The van der Waals surface area contributed by atoms with Gasteiger partial charge in [0.2, 0.25) is 0 Å². The van der Waals surface area contributed by atoms with Crippen LogP contribution in [-0.4, -0.2) is 0 Å². The largest absolute Gasteiger partial charge is 0.456 e. The zero-order valence-electron chi connectivity index (χ0n) is 23.9. The van der Waals surface area contributed by atoms with E-state index in [2.05, 4.69) is 144 Å². The quantitative estimate of drug-likeness (QED) is 0.201. The van der Waals surface area contributed by atoms with E-state index in [0.717, 1.165) is 45.4 Å². The van der Waals surface area contributed by atoms with Crippen LogP contribution in [0, 0.1) is 0 Å². The highest BCUT2D eigenvalue weighted by Gasteiger charge is 2.19. The smallest absolute Gasteiger partial charge is 0.135 e. The topological polar surface area (TPSA) is 16.4 Å². The summed E-state index contributed by atoms with van der Waals surface area (Å²) in [4.78, 5) is 2.40. The van der Waals surface area contributed by atoms with Gasteiger partial charge in [-0.1, -0.05) is 97.1 Å². The van der Waals surface area contributed by atoms with Gasteiger partial charge in [-0.3, -0.25) is 0 Å². The Balaban J connectivity index is 1.23. The molecular weight excluding hydrogens is 555 g/mol. The van der Waals surface area contributed by atoms with Crippen LogP contribution in [-0.2, 0) is 6.42 Å². The second-order valence-electron chi connectivity index (χ2n) is 11.4. The van der Waals surface area contributed by atoms with Gasteiger partial charge in [0.05, 0.1) is 5.69 Å². The third kappa shape index (κ3) is 4.16. The van der Waals surface area contributed by atoms with Gasteiger partial charge >= 0.3 is 0 Å². The maximum atomic E-state index is 6.19. The van der Waals surface area contributed by atoms with Gasteiger partial charge in [-0.25, -0.2) is 0 Å². The molecule has 208 valence electrons. The Bertz CT molecular complexity index is 2480. The summed E-state index contributed by atoms with van der Waals surface area (Å²) in [6.45, 7) is 0. The van der Waals surface area contributed by atoms with Gasteiger partial charge in [0.1, 0.15) is 11.2 Å². The number of hydrogen-bond acceptors (Lipinski definition) is 3. The molecule has 44 heavy (non-hydrogen) atoms. The van der Waals surface area contributed by atoms with E-state index in [1.807, 2.05) is 23.5 Å². The van der Waals surface area contributed by atoms with Gasteiger partial charge < -0.3 is 9.32 Å². The summed E-state index contributed by atoms with van der Waals surface area (Å²) in [6, 6.07) is 54.6. The highest BCUT2D eigenvalue weighted by Crippen LogP contribution is 2.44. The molecule has 0 radical (unpaired) electrons.